The monoisotopic (exact) mass is 292 g/mol. The molecule has 2 heterocycles. The summed E-state index contributed by atoms with van der Waals surface area (Å²) in [6, 6.07) is 6.38. The minimum Gasteiger partial charge on any atom is -0.381 e. The minimum absolute atomic E-state index is 0.0686. The molecular weight excluding hydrogens is 271 g/mol. The molecule has 0 aliphatic carbocycles. The number of hydrogen-bond acceptors (Lipinski definition) is 3. The van der Waals surface area contributed by atoms with E-state index < -0.39 is 5.41 Å². The number of hydrogen-bond donors (Lipinski definition) is 1. The molecule has 1 atom stereocenters. The standard InChI is InChI=1S/C16H21FN2O2/c17-13-3-1-12(2-4-13)16(6-9-21-10-7-16)15(20)19-8-5-14(18)11-19/h1-4,14H,5-11,18H2/t14-/m1/s1. The Balaban J connectivity index is 1.92. The van der Waals surface area contributed by atoms with Gasteiger partial charge in [-0.2, -0.15) is 0 Å². The lowest BCUT2D eigenvalue weighted by atomic mass is 9.73. The SMILES string of the molecule is N[C@@H]1CCN(C(=O)C2(c3ccc(F)cc3)CCOCC2)C1. The molecule has 2 N–H and O–H groups in total. The molecule has 114 valence electrons. The number of amides is 1. The number of halogens is 1. The van der Waals surface area contributed by atoms with E-state index in [1.54, 1.807) is 12.1 Å². The van der Waals surface area contributed by atoms with Gasteiger partial charge in [0, 0.05) is 32.3 Å². The van der Waals surface area contributed by atoms with Gasteiger partial charge in [0.05, 0.1) is 5.41 Å². The molecule has 0 unspecified atom stereocenters. The summed E-state index contributed by atoms with van der Waals surface area (Å²) in [6.45, 7) is 2.44. The van der Waals surface area contributed by atoms with Crippen molar-refractivity contribution in [3.63, 3.8) is 0 Å². The van der Waals surface area contributed by atoms with Crippen LogP contribution in [0.3, 0.4) is 0 Å². The summed E-state index contributed by atoms with van der Waals surface area (Å²) in [5.74, 6) is -0.165. The van der Waals surface area contributed by atoms with E-state index in [1.165, 1.54) is 12.1 Å². The van der Waals surface area contributed by atoms with Gasteiger partial charge in [-0.25, -0.2) is 4.39 Å². The summed E-state index contributed by atoms with van der Waals surface area (Å²) in [4.78, 5) is 14.9. The van der Waals surface area contributed by atoms with E-state index in [0.29, 0.717) is 39.1 Å². The van der Waals surface area contributed by atoms with Gasteiger partial charge in [0.2, 0.25) is 5.91 Å². The Hall–Kier alpha value is -1.46. The maximum absolute atomic E-state index is 13.2. The zero-order chi connectivity index (χ0) is 14.9. The van der Waals surface area contributed by atoms with Crippen molar-refractivity contribution < 1.29 is 13.9 Å². The third-order valence-electron chi connectivity index (χ3n) is 4.66. The molecule has 21 heavy (non-hydrogen) atoms. The van der Waals surface area contributed by atoms with Crippen LogP contribution in [-0.2, 0) is 14.9 Å². The summed E-state index contributed by atoms with van der Waals surface area (Å²) >= 11 is 0. The summed E-state index contributed by atoms with van der Waals surface area (Å²) in [5.41, 5.74) is 6.23. The summed E-state index contributed by atoms with van der Waals surface area (Å²) in [6.07, 6.45) is 2.13. The summed E-state index contributed by atoms with van der Waals surface area (Å²) < 4.78 is 18.6. The maximum atomic E-state index is 13.2. The molecule has 0 aromatic heterocycles. The number of nitrogens with zero attached hydrogens (tertiary/aromatic N) is 1. The lowest BCUT2D eigenvalue weighted by Gasteiger charge is -2.39. The Morgan fingerprint density at radius 3 is 2.52 bits per heavy atom. The van der Waals surface area contributed by atoms with E-state index >= 15 is 0 Å². The highest BCUT2D eigenvalue weighted by molar-refractivity contribution is 5.88. The van der Waals surface area contributed by atoms with Crippen LogP contribution in [0, 0.1) is 5.82 Å². The van der Waals surface area contributed by atoms with Gasteiger partial charge in [-0.3, -0.25) is 4.79 Å². The van der Waals surface area contributed by atoms with E-state index in [9.17, 15) is 9.18 Å². The minimum atomic E-state index is -0.587. The molecule has 0 spiro atoms. The molecule has 1 aromatic carbocycles. The number of nitrogens with two attached hydrogens (primary N) is 1. The van der Waals surface area contributed by atoms with Gasteiger partial charge < -0.3 is 15.4 Å². The number of carbonyl (C=O) groups is 1. The lowest BCUT2D eigenvalue weighted by Crippen LogP contribution is -2.49. The number of carbonyl (C=O) groups excluding carboxylic acids is 1. The van der Waals surface area contributed by atoms with Crippen molar-refractivity contribution in [2.24, 2.45) is 5.73 Å². The first-order valence-electron chi connectivity index (χ1n) is 7.50. The average Bonchev–Trinajstić information content (AvgIpc) is 2.94. The van der Waals surface area contributed by atoms with E-state index in [0.717, 1.165) is 12.0 Å². The summed E-state index contributed by atoms with van der Waals surface area (Å²) in [5, 5.41) is 0. The first-order chi connectivity index (χ1) is 10.1. The lowest BCUT2D eigenvalue weighted by molar-refractivity contribution is -0.140. The van der Waals surface area contributed by atoms with Gasteiger partial charge in [-0.15, -0.1) is 0 Å². The van der Waals surface area contributed by atoms with Gasteiger partial charge >= 0.3 is 0 Å². The largest absolute Gasteiger partial charge is 0.381 e. The molecule has 2 aliphatic rings. The maximum Gasteiger partial charge on any atom is 0.233 e. The Bertz CT molecular complexity index is 512. The first-order valence-corrected chi connectivity index (χ1v) is 7.50. The molecule has 1 amide bonds. The number of rotatable bonds is 2. The topological polar surface area (TPSA) is 55.6 Å². The fraction of sp³-hybridized carbons (Fsp3) is 0.562. The average molecular weight is 292 g/mol. The number of benzene rings is 1. The van der Waals surface area contributed by atoms with Crippen molar-refractivity contribution >= 4 is 5.91 Å². The number of likely N-dealkylation sites (tertiary alicyclic amines) is 1. The van der Waals surface area contributed by atoms with Crippen molar-refractivity contribution in [2.45, 2.75) is 30.7 Å². The van der Waals surface area contributed by atoms with Crippen molar-refractivity contribution in [3.05, 3.63) is 35.6 Å². The molecular formula is C16H21FN2O2. The Morgan fingerprint density at radius 2 is 1.95 bits per heavy atom. The van der Waals surface area contributed by atoms with Crippen molar-refractivity contribution in [1.82, 2.24) is 4.90 Å². The van der Waals surface area contributed by atoms with Gasteiger partial charge in [-0.1, -0.05) is 12.1 Å². The Kier molecular flexibility index (Phi) is 3.95. The van der Waals surface area contributed by atoms with Crippen LogP contribution in [0.25, 0.3) is 0 Å². The van der Waals surface area contributed by atoms with E-state index in [1.807, 2.05) is 4.90 Å². The zero-order valence-corrected chi connectivity index (χ0v) is 12.1. The molecule has 0 radical (unpaired) electrons. The fourth-order valence-corrected chi connectivity index (χ4v) is 3.39. The number of ether oxygens (including phenoxy) is 1. The molecule has 2 aliphatic heterocycles. The summed E-state index contributed by atoms with van der Waals surface area (Å²) in [7, 11) is 0. The second-order valence-electron chi connectivity index (χ2n) is 6.00. The fourth-order valence-electron chi connectivity index (χ4n) is 3.39. The molecule has 2 saturated heterocycles. The van der Waals surface area contributed by atoms with Crippen molar-refractivity contribution in [2.75, 3.05) is 26.3 Å². The molecule has 5 heteroatoms. The van der Waals surface area contributed by atoms with Crippen LogP contribution in [-0.4, -0.2) is 43.2 Å². The third kappa shape index (κ3) is 2.68. The van der Waals surface area contributed by atoms with E-state index in [2.05, 4.69) is 0 Å². The quantitative estimate of drug-likeness (QED) is 0.897. The Labute approximate surface area is 124 Å². The Morgan fingerprint density at radius 1 is 1.29 bits per heavy atom. The second kappa shape index (κ2) is 5.73. The van der Waals surface area contributed by atoms with Crippen LogP contribution in [0.5, 0.6) is 0 Å². The molecule has 0 saturated carbocycles. The van der Waals surface area contributed by atoms with Crippen molar-refractivity contribution in [3.8, 4) is 0 Å². The van der Waals surface area contributed by atoms with Crippen LogP contribution < -0.4 is 5.73 Å². The van der Waals surface area contributed by atoms with Gasteiger partial charge in [0.1, 0.15) is 5.82 Å². The molecule has 3 rings (SSSR count). The van der Waals surface area contributed by atoms with E-state index in [4.69, 9.17) is 10.5 Å². The highest BCUT2D eigenvalue weighted by atomic mass is 19.1. The second-order valence-corrected chi connectivity index (χ2v) is 6.00. The van der Waals surface area contributed by atoms with E-state index in [-0.39, 0.29) is 17.8 Å². The van der Waals surface area contributed by atoms with Crippen LogP contribution in [0.2, 0.25) is 0 Å². The van der Waals surface area contributed by atoms with Crippen LogP contribution in [0.1, 0.15) is 24.8 Å². The van der Waals surface area contributed by atoms with Gasteiger partial charge in [0.25, 0.3) is 0 Å². The smallest absolute Gasteiger partial charge is 0.233 e. The predicted molar refractivity (Wildman–Crippen MR) is 77.3 cm³/mol. The predicted octanol–water partition coefficient (Wildman–Crippen LogP) is 1.43. The molecule has 2 fully saturated rings. The van der Waals surface area contributed by atoms with Crippen LogP contribution in [0.15, 0.2) is 24.3 Å². The van der Waals surface area contributed by atoms with Gasteiger partial charge in [-0.05, 0) is 37.0 Å². The normalized spacial score (nSPS) is 25.0. The zero-order valence-electron chi connectivity index (χ0n) is 12.1. The molecule has 1 aromatic rings. The highest BCUT2D eigenvalue weighted by Crippen LogP contribution is 2.37. The van der Waals surface area contributed by atoms with Crippen molar-refractivity contribution in [1.29, 1.82) is 0 Å². The molecule has 4 nitrogen and oxygen atoms in total. The van der Waals surface area contributed by atoms with Crippen LogP contribution in [0.4, 0.5) is 4.39 Å². The first kappa shape index (κ1) is 14.5. The highest BCUT2D eigenvalue weighted by Gasteiger charge is 2.45. The molecule has 0 bridgehead atoms. The van der Waals surface area contributed by atoms with Crippen LogP contribution >= 0.6 is 0 Å². The van der Waals surface area contributed by atoms with Gasteiger partial charge in [0.15, 0.2) is 0 Å². The third-order valence-corrected chi connectivity index (χ3v) is 4.66.